The van der Waals surface area contributed by atoms with Crippen LogP contribution in [0.15, 0.2) is 48.5 Å². The van der Waals surface area contributed by atoms with E-state index in [2.05, 4.69) is 93.0 Å². The second-order valence-electron chi connectivity index (χ2n) is 12.5. The van der Waals surface area contributed by atoms with E-state index in [0.29, 0.717) is 0 Å². The third kappa shape index (κ3) is 8.14. The van der Waals surface area contributed by atoms with Crippen molar-refractivity contribution in [2.24, 2.45) is 5.41 Å². The highest BCUT2D eigenvalue weighted by Gasteiger charge is 2.22. The molecule has 0 unspecified atom stereocenters. The van der Waals surface area contributed by atoms with Crippen molar-refractivity contribution in [2.45, 2.75) is 112 Å². The molecule has 4 rings (SSSR count). The number of fused-ring (bicyclic) bond motifs is 3. The fourth-order valence-electron chi connectivity index (χ4n) is 5.47. The summed E-state index contributed by atoms with van der Waals surface area (Å²) in [6.07, 6.45) is 12.3. The van der Waals surface area contributed by atoms with Gasteiger partial charge in [0.15, 0.2) is 0 Å². The second-order valence-corrected chi connectivity index (χ2v) is 12.5. The first-order chi connectivity index (χ1) is 18.9. The molecule has 0 saturated heterocycles. The van der Waals surface area contributed by atoms with E-state index in [4.69, 9.17) is 9.97 Å². The summed E-state index contributed by atoms with van der Waals surface area (Å²) in [5, 5.41) is 4.84. The van der Waals surface area contributed by atoms with Gasteiger partial charge in [-0.1, -0.05) is 116 Å². The maximum Gasteiger partial charge on any atom is 0.111 e. The number of rotatable bonds is 15. The zero-order valence-corrected chi connectivity index (χ0v) is 25.2. The average Bonchev–Trinajstić information content (AvgIpc) is 3.27. The predicted octanol–water partition coefficient (Wildman–Crippen LogP) is 9.01. The van der Waals surface area contributed by atoms with Crippen molar-refractivity contribution < 1.29 is 0 Å². The van der Waals surface area contributed by atoms with E-state index in [9.17, 15) is 0 Å². The Morgan fingerprint density at radius 3 is 2.21 bits per heavy atom. The molecule has 0 saturated carbocycles. The minimum absolute atomic E-state index is 0.147. The largest absolute Gasteiger partial charge is 0.323 e. The number of para-hydroxylation sites is 1. The maximum atomic E-state index is 5.27. The van der Waals surface area contributed by atoms with Gasteiger partial charge in [-0.2, -0.15) is 0 Å². The fraction of sp³-hybridized carbons (Fsp3) is 0.543. The van der Waals surface area contributed by atoms with Gasteiger partial charge < -0.3 is 9.88 Å². The Morgan fingerprint density at radius 2 is 1.46 bits per heavy atom. The van der Waals surface area contributed by atoms with Gasteiger partial charge in [0, 0.05) is 24.9 Å². The SMILES string of the molecule is CCCCCCCCNCc1ccc(Cn2c(CCCC)nc3c(CC(C)(C)C)nc4ccccc4c32)cc1. The van der Waals surface area contributed by atoms with Crippen molar-refractivity contribution in [3.8, 4) is 0 Å². The molecule has 0 spiro atoms. The number of hydrogen-bond acceptors (Lipinski definition) is 3. The first-order valence-corrected chi connectivity index (χ1v) is 15.4. The molecule has 0 atom stereocenters. The highest BCUT2D eigenvalue weighted by molar-refractivity contribution is 6.03. The van der Waals surface area contributed by atoms with Gasteiger partial charge >= 0.3 is 0 Å². The molecule has 4 aromatic rings. The molecule has 0 aliphatic carbocycles. The fourth-order valence-corrected chi connectivity index (χ4v) is 5.47. The van der Waals surface area contributed by atoms with Crippen LogP contribution in [0.2, 0.25) is 0 Å². The molecule has 4 heteroatoms. The van der Waals surface area contributed by atoms with Crippen LogP contribution in [-0.2, 0) is 25.9 Å². The zero-order valence-electron chi connectivity index (χ0n) is 25.2. The number of nitrogens with zero attached hydrogens (tertiary/aromatic N) is 3. The Morgan fingerprint density at radius 1 is 0.769 bits per heavy atom. The molecular formula is C35H50N4. The number of benzene rings is 2. The minimum Gasteiger partial charge on any atom is -0.323 e. The van der Waals surface area contributed by atoms with Crippen LogP contribution in [0.1, 0.15) is 109 Å². The number of imidazole rings is 1. The van der Waals surface area contributed by atoms with Crippen LogP contribution in [0.3, 0.4) is 0 Å². The first kappa shape index (κ1) is 29.3. The van der Waals surface area contributed by atoms with Crippen LogP contribution in [0.4, 0.5) is 0 Å². The molecule has 4 nitrogen and oxygen atoms in total. The third-order valence-corrected chi connectivity index (χ3v) is 7.59. The van der Waals surface area contributed by atoms with Gasteiger partial charge in [0.25, 0.3) is 0 Å². The highest BCUT2D eigenvalue weighted by Crippen LogP contribution is 2.32. The van der Waals surface area contributed by atoms with Crippen LogP contribution in [0.5, 0.6) is 0 Å². The molecule has 2 aromatic carbocycles. The lowest BCUT2D eigenvalue weighted by atomic mass is 9.89. The Labute approximate surface area is 236 Å². The average molecular weight is 527 g/mol. The van der Waals surface area contributed by atoms with E-state index in [1.54, 1.807) is 0 Å². The predicted molar refractivity (Wildman–Crippen MR) is 167 cm³/mol. The molecule has 0 aliphatic rings. The van der Waals surface area contributed by atoms with Gasteiger partial charge in [-0.3, -0.25) is 4.98 Å². The lowest BCUT2D eigenvalue weighted by Crippen LogP contribution is -2.14. The molecule has 0 amide bonds. The van der Waals surface area contributed by atoms with Gasteiger partial charge in [-0.25, -0.2) is 4.98 Å². The molecule has 0 radical (unpaired) electrons. The Bertz CT molecular complexity index is 1310. The molecular weight excluding hydrogens is 476 g/mol. The zero-order chi connectivity index (χ0) is 27.7. The molecule has 39 heavy (non-hydrogen) atoms. The van der Waals surface area contributed by atoms with Gasteiger partial charge in [-0.05, 0) is 48.4 Å². The van der Waals surface area contributed by atoms with E-state index in [-0.39, 0.29) is 5.41 Å². The minimum atomic E-state index is 0.147. The number of nitrogens with one attached hydrogen (secondary N) is 1. The molecule has 0 fully saturated rings. The Kier molecular flexibility index (Phi) is 10.6. The molecule has 0 aliphatic heterocycles. The van der Waals surface area contributed by atoms with Gasteiger partial charge in [0.1, 0.15) is 11.3 Å². The van der Waals surface area contributed by atoms with Crippen molar-refractivity contribution >= 4 is 21.9 Å². The summed E-state index contributed by atoms with van der Waals surface area (Å²) in [4.78, 5) is 10.4. The summed E-state index contributed by atoms with van der Waals surface area (Å²) >= 11 is 0. The maximum absolute atomic E-state index is 5.27. The molecule has 2 heterocycles. The van der Waals surface area contributed by atoms with E-state index in [1.807, 2.05) is 0 Å². The molecule has 0 bridgehead atoms. The van der Waals surface area contributed by atoms with Crippen molar-refractivity contribution in [2.75, 3.05) is 6.54 Å². The van der Waals surface area contributed by atoms with Gasteiger partial charge in [0.2, 0.25) is 0 Å². The molecule has 1 N–H and O–H groups in total. The van der Waals surface area contributed by atoms with Crippen LogP contribution < -0.4 is 5.32 Å². The summed E-state index contributed by atoms with van der Waals surface area (Å²) in [5.41, 5.74) is 7.35. The normalized spacial score (nSPS) is 12.1. The van der Waals surface area contributed by atoms with Gasteiger partial charge in [0.05, 0.1) is 16.7 Å². The third-order valence-electron chi connectivity index (χ3n) is 7.59. The molecule has 210 valence electrons. The quantitative estimate of drug-likeness (QED) is 0.157. The van der Waals surface area contributed by atoms with Crippen LogP contribution in [-0.4, -0.2) is 21.1 Å². The summed E-state index contributed by atoms with van der Waals surface area (Å²) in [7, 11) is 0. The van der Waals surface area contributed by atoms with Crippen LogP contribution >= 0.6 is 0 Å². The number of aromatic nitrogens is 3. The van der Waals surface area contributed by atoms with Gasteiger partial charge in [-0.15, -0.1) is 0 Å². The highest BCUT2D eigenvalue weighted by atomic mass is 15.1. The summed E-state index contributed by atoms with van der Waals surface area (Å²) < 4.78 is 2.48. The van der Waals surface area contributed by atoms with Crippen LogP contribution in [0, 0.1) is 5.41 Å². The van der Waals surface area contributed by atoms with Crippen molar-refractivity contribution in [3.05, 3.63) is 71.2 Å². The Balaban J connectivity index is 1.55. The smallest absolute Gasteiger partial charge is 0.111 e. The number of hydrogen-bond donors (Lipinski definition) is 1. The second kappa shape index (κ2) is 14.1. The summed E-state index contributed by atoms with van der Waals surface area (Å²) in [6.45, 7) is 14.3. The summed E-state index contributed by atoms with van der Waals surface area (Å²) in [5.74, 6) is 1.19. The van der Waals surface area contributed by atoms with Crippen molar-refractivity contribution in [1.29, 1.82) is 0 Å². The summed E-state index contributed by atoms with van der Waals surface area (Å²) in [6, 6.07) is 17.8. The van der Waals surface area contributed by atoms with E-state index >= 15 is 0 Å². The van der Waals surface area contributed by atoms with E-state index in [0.717, 1.165) is 62.0 Å². The van der Waals surface area contributed by atoms with Crippen molar-refractivity contribution in [3.63, 3.8) is 0 Å². The van der Waals surface area contributed by atoms with E-state index < -0.39 is 0 Å². The lowest BCUT2D eigenvalue weighted by Gasteiger charge is -2.18. The monoisotopic (exact) mass is 526 g/mol. The number of unbranched alkanes of at least 4 members (excludes halogenated alkanes) is 6. The topological polar surface area (TPSA) is 42.7 Å². The standard InChI is InChI=1S/C35H50N4/c1-6-8-10-11-12-15-23-36-25-27-19-21-28(22-20-27)26-39-32(18-9-7-2)38-33-31(24-35(3,4)5)37-30-17-14-13-16-29(30)34(33)39/h13-14,16-17,19-22,36H,6-12,15,18,23-26H2,1-5H3. The van der Waals surface area contributed by atoms with Crippen LogP contribution in [0.25, 0.3) is 21.9 Å². The number of aryl methyl sites for hydroxylation is 1. The molecule has 2 aromatic heterocycles. The van der Waals surface area contributed by atoms with E-state index in [1.165, 1.54) is 66.4 Å². The van der Waals surface area contributed by atoms with Crippen molar-refractivity contribution in [1.82, 2.24) is 19.9 Å². The number of pyridine rings is 1. The Hall–Kier alpha value is -2.72. The first-order valence-electron chi connectivity index (χ1n) is 15.4. The lowest BCUT2D eigenvalue weighted by molar-refractivity contribution is 0.408.